The normalized spacial score (nSPS) is 23.8. The van der Waals surface area contributed by atoms with E-state index in [9.17, 15) is 9.59 Å². The van der Waals surface area contributed by atoms with Crippen LogP contribution in [0.1, 0.15) is 13.3 Å². The SMILES string of the molecule is CSCCN1C(=O)CC(C)C1=O. The Morgan fingerprint density at radius 2 is 2.25 bits per heavy atom. The second kappa shape index (κ2) is 3.94. The van der Waals surface area contributed by atoms with Crippen LogP contribution in [0.15, 0.2) is 0 Å². The fraction of sp³-hybridized carbons (Fsp3) is 0.750. The molecule has 12 heavy (non-hydrogen) atoms. The van der Waals surface area contributed by atoms with Gasteiger partial charge in [0.2, 0.25) is 11.8 Å². The monoisotopic (exact) mass is 187 g/mol. The van der Waals surface area contributed by atoms with Crippen molar-refractivity contribution in [2.45, 2.75) is 13.3 Å². The highest BCUT2D eigenvalue weighted by Crippen LogP contribution is 2.18. The third-order valence-corrected chi connectivity index (χ3v) is 2.58. The van der Waals surface area contributed by atoms with E-state index in [2.05, 4.69) is 0 Å². The van der Waals surface area contributed by atoms with Crippen LogP contribution in [0.25, 0.3) is 0 Å². The standard InChI is InChI=1S/C8H13NO2S/c1-6-5-7(10)9(8(6)11)3-4-12-2/h6H,3-5H2,1-2H3. The first-order valence-electron chi connectivity index (χ1n) is 4.00. The van der Waals surface area contributed by atoms with Crippen LogP contribution in [-0.2, 0) is 9.59 Å². The third-order valence-electron chi connectivity index (χ3n) is 1.99. The first kappa shape index (κ1) is 9.58. The summed E-state index contributed by atoms with van der Waals surface area (Å²) >= 11 is 1.65. The predicted molar refractivity (Wildman–Crippen MR) is 48.9 cm³/mol. The quantitative estimate of drug-likeness (QED) is 0.612. The molecule has 4 heteroatoms. The lowest BCUT2D eigenvalue weighted by atomic mass is 10.1. The number of thioether (sulfide) groups is 1. The van der Waals surface area contributed by atoms with Gasteiger partial charge in [0, 0.05) is 24.6 Å². The molecule has 0 aromatic rings. The van der Waals surface area contributed by atoms with Gasteiger partial charge in [0.1, 0.15) is 0 Å². The van der Waals surface area contributed by atoms with E-state index >= 15 is 0 Å². The van der Waals surface area contributed by atoms with Crippen molar-refractivity contribution in [2.75, 3.05) is 18.6 Å². The molecule has 1 fully saturated rings. The van der Waals surface area contributed by atoms with Gasteiger partial charge >= 0.3 is 0 Å². The van der Waals surface area contributed by atoms with Gasteiger partial charge in [0.05, 0.1) is 0 Å². The van der Waals surface area contributed by atoms with Gasteiger partial charge in [-0.25, -0.2) is 0 Å². The largest absolute Gasteiger partial charge is 0.282 e. The Labute approximate surface area is 76.5 Å². The van der Waals surface area contributed by atoms with Gasteiger partial charge < -0.3 is 0 Å². The van der Waals surface area contributed by atoms with Crippen molar-refractivity contribution in [3.8, 4) is 0 Å². The second-order valence-electron chi connectivity index (χ2n) is 2.98. The van der Waals surface area contributed by atoms with Gasteiger partial charge in [0.15, 0.2) is 0 Å². The molecule has 1 saturated heterocycles. The van der Waals surface area contributed by atoms with Crippen molar-refractivity contribution in [2.24, 2.45) is 5.92 Å². The highest BCUT2D eigenvalue weighted by molar-refractivity contribution is 7.98. The lowest BCUT2D eigenvalue weighted by molar-refractivity contribution is -0.138. The molecule has 0 saturated carbocycles. The molecule has 1 atom stereocenters. The molecule has 1 aliphatic rings. The molecule has 1 unspecified atom stereocenters. The molecule has 68 valence electrons. The number of carbonyl (C=O) groups excluding carboxylic acids is 2. The van der Waals surface area contributed by atoms with Crippen molar-refractivity contribution >= 4 is 23.6 Å². The number of hydrogen-bond donors (Lipinski definition) is 0. The predicted octanol–water partition coefficient (Wildman–Crippen LogP) is 0.744. The van der Waals surface area contributed by atoms with Crippen LogP contribution < -0.4 is 0 Å². The number of amides is 2. The topological polar surface area (TPSA) is 37.4 Å². The summed E-state index contributed by atoms with van der Waals surface area (Å²) < 4.78 is 0. The minimum Gasteiger partial charge on any atom is -0.282 e. The van der Waals surface area contributed by atoms with Crippen molar-refractivity contribution in [1.29, 1.82) is 0 Å². The highest BCUT2D eigenvalue weighted by atomic mass is 32.2. The summed E-state index contributed by atoms with van der Waals surface area (Å²) in [4.78, 5) is 23.9. The Kier molecular flexibility index (Phi) is 3.14. The molecular formula is C8H13NO2S. The fourth-order valence-electron chi connectivity index (χ4n) is 1.27. The van der Waals surface area contributed by atoms with E-state index in [1.165, 1.54) is 4.90 Å². The Balaban J connectivity index is 2.52. The van der Waals surface area contributed by atoms with E-state index < -0.39 is 0 Å². The Morgan fingerprint density at radius 1 is 1.58 bits per heavy atom. The molecule has 0 spiro atoms. The molecule has 2 amide bonds. The van der Waals surface area contributed by atoms with Gasteiger partial charge in [-0.05, 0) is 6.26 Å². The van der Waals surface area contributed by atoms with Gasteiger partial charge in [-0.1, -0.05) is 6.92 Å². The van der Waals surface area contributed by atoms with Crippen LogP contribution >= 0.6 is 11.8 Å². The molecule has 3 nitrogen and oxygen atoms in total. The Morgan fingerprint density at radius 3 is 2.67 bits per heavy atom. The van der Waals surface area contributed by atoms with E-state index in [0.29, 0.717) is 13.0 Å². The molecular weight excluding hydrogens is 174 g/mol. The number of nitrogens with zero attached hydrogens (tertiary/aromatic N) is 1. The maximum atomic E-state index is 11.3. The molecule has 0 aliphatic carbocycles. The molecule has 1 heterocycles. The summed E-state index contributed by atoms with van der Waals surface area (Å²) in [5, 5.41) is 0. The second-order valence-corrected chi connectivity index (χ2v) is 3.97. The van der Waals surface area contributed by atoms with Crippen LogP contribution in [0.3, 0.4) is 0 Å². The zero-order valence-corrected chi connectivity index (χ0v) is 8.19. The smallest absolute Gasteiger partial charge is 0.232 e. The van der Waals surface area contributed by atoms with E-state index in [0.717, 1.165) is 5.75 Å². The van der Waals surface area contributed by atoms with Crippen LogP contribution in [-0.4, -0.2) is 35.3 Å². The number of likely N-dealkylation sites (tertiary alicyclic amines) is 1. The van der Waals surface area contributed by atoms with E-state index in [-0.39, 0.29) is 17.7 Å². The van der Waals surface area contributed by atoms with Crippen molar-refractivity contribution < 1.29 is 9.59 Å². The zero-order valence-electron chi connectivity index (χ0n) is 7.37. The van der Waals surface area contributed by atoms with Gasteiger partial charge in [-0.2, -0.15) is 11.8 Å². The molecule has 0 aromatic heterocycles. The van der Waals surface area contributed by atoms with Gasteiger partial charge in [-0.15, -0.1) is 0 Å². The first-order valence-corrected chi connectivity index (χ1v) is 5.39. The number of carbonyl (C=O) groups is 2. The minimum atomic E-state index is -0.0978. The average molecular weight is 187 g/mol. The number of rotatable bonds is 3. The zero-order chi connectivity index (χ0) is 9.14. The van der Waals surface area contributed by atoms with E-state index in [1.54, 1.807) is 18.7 Å². The number of imide groups is 1. The summed E-state index contributed by atoms with van der Waals surface area (Å²) in [6, 6.07) is 0. The van der Waals surface area contributed by atoms with Crippen LogP contribution in [0, 0.1) is 5.92 Å². The first-order chi connectivity index (χ1) is 5.66. The lowest BCUT2D eigenvalue weighted by Crippen LogP contribution is -2.32. The molecule has 0 bridgehead atoms. The Hall–Kier alpha value is -0.510. The van der Waals surface area contributed by atoms with Gasteiger partial charge in [-0.3, -0.25) is 14.5 Å². The van der Waals surface area contributed by atoms with Crippen LogP contribution in [0.4, 0.5) is 0 Å². The van der Waals surface area contributed by atoms with Crippen LogP contribution in [0.2, 0.25) is 0 Å². The summed E-state index contributed by atoms with van der Waals surface area (Å²) in [7, 11) is 0. The van der Waals surface area contributed by atoms with E-state index in [1.807, 2.05) is 6.26 Å². The summed E-state index contributed by atoms with van der Waals surface area (Å²) in [5.41, 5.74) is 0. The van der Waals surface area contributed by atoms with Gasteiger partial charge in [0.25, 0.3) is 0 Å². The summed E-state index contributed by atoms with van der Waals surface area (Å²) in [6.07, 6.45) is 2.36. The fourth-order valence-corrected chi connectivity index (χ4v) is 1.63. The average Bonchev–Trinajstić information content (AvgIpc) is 2.25. The van der Waals surface area contributed by atoms with Crippen molar-refractivity contribution in [3.63, 3.8) is 0 Å². The lowest BCUT2D eigenvalue weighted by Gasteiger charge is -2.12. The van der Waals surface area contributed by atoms with E-state index in [4.69, 9.17) is 0 Å². The van der Waals surface area contributed by atoms with Crippen LogP contribution in [0.5, 0.6) is 0 Å². The third kappa shape index (κ3) is 1.80. The molecule has 0 radical (unpaired) electrons. The molecule has 0 aromatic carbocycles. The maximum Gasteiger partial charge on any atom is 0.232 e. The summed E-state index contributed by atoms with van der Waals surface area (Å²) in [5.74, 6) is 0.722. The molecule has 1 rings (SSSR count). The summed E-state index contributed by atoms with van der Waals surface area (Å²) in [6.45, 7) is 2.38. The maximum absolute atomic E-state index is 11.3. The Bertz CT molecular complexity index is 205. The number of hydrogen-bond acceptors (Lipinski definition) is 3. The highest BCUT2D eigenvalue weighted by Gasteiger charge is 2.34. The molecule has 1 aliphatic heterocycles. The minimum absolute atomic E-state index is 0.00551. The van der Waals surface area contributed by atoms with Crippen molar-refractivity contribution in [3.05, 3.63) is 0 Å². The van der Waals surface area contributed by atoms with Crippen molar-refractivity contribution in [1.82, 2.24) is 4.90 Å². The molecule has 0 N–H and O–H groups in total.